The highest BCUT2D eigenvalue weighted by atomic mass is 35.5. The Morgan fingerprint density at radius 1 is 1.24 bits per heavy atom. The molecule has 5 heteroatoms. The summed E-state index contributed by atoms with van der Waals surface area (Å²) in [5.41, 5.74) is 1.51. The minimum absolute atomic E-state index is 0.0269. The van der Waals surface area contributed by atoms with Gasteiger partial charge in [-0.25, -0.2) is 0 Å². The van der Waals surface area contributed by atoms with E-state index in [0.29, 0.717) is 10.6 Å². The van der Waals surface area contributed by atoms with Gasteiger partial charge < -0.3 is 10.1 Å². The summed E-state index contributed by atoms with van der Waals surface area (Å²) in [5.74, 6) is -0.259. The van der Waals surface area contributed by atoms with Crippen LogP contribution in [-0.2, 0) is 9.53 Å². The van der Waals surface area contributed by atoms with Gasteiger partial charge in [0.1, 0.15) is 0 Å². The number of halogens is 1. The third kappa shape index (κ3) is 3.97. The molecule has 1 aliphatic carbocycles. The number of benzene rings is 1. The summed E-state index contributed by atoms with van der Waals surface area (Å²) in [7, 11) is 1.42. The zero-order valence-corrected chi connectivity index (χ0v) is 13.1. The summed E-state index contributed by atoms with van der Waals surface area (Å²) in [6, 6.07) is 5.37. The van der Waals surface area contributed by atoms with Crippen LogP contribution < -0.4 is 5.32 Å². The number of nitrogens with one attached hydrogen (secondary N) is 1. The standard InChI is InChI=1S/C16H20ClNO3/c1-10-9-12(5-8-14(10)17)15(19)18-13-6-3-11(4-7-13)16(20)21-2/h5,8-9,11,13H,3-4,6-7H2,1-2H3,(H,18,19). The molecule has 2 rings (SSSR count). The van der Waals surface area contributed by atoms with Crippen LogP contribution in [0.15, 0.2) is 18.2 Å². The fourth-order valence-corrected chi connectivity index (χ4v) is 2.81. The Bertz CT molecular complexity index is 536. The Labute approximate surface area is 129 Å². The zero-order valence-electron chi connectivity index (χ0n) is 12.3. The molecule has 1 fully saturated rings. The van der Waals surface area contributed by atoms with E-state index >= 15 is 0 Å². The van der Waals surface area contributed by atoms with Gasteiger partial charge in [0.2, 0.25) is 0 Å². The maximum atomic E-state index is 12.2. The number of amides is 1. The maximum absolute atomic E-state index is 12.2. The Morgan fingerprint density at radius 3 is 2.48 bits per heavy atom. The molecule has 0 spiro atoms. The lowest BCUT2D eigenvalue weighted by Gasteiger charge is -2.27. The molecule has 0 radical (unpaired) electrons. The lowest BCUT2D eigenvalue weighted by molar-refractivity contribution is -0.146. The fourth-order valence-electron chi connectivity index (χ4n) is 2.69. The average molecular weight is 310 g/mol. The summed E-state index contributed by atoms with van der Waals surface area (Å²) in [5, 5.41) is 3.68. The van der Waals surface area contributed by atoms with Crippen molar-refractivity contribution in [1.29, 1.82) is 0 Å². The summed E-state index contributed by atoms with van der Waals surface area (Å²) >= 11 is 5.96. The van der Waals surface area contributed by atoms with Gasteiger partial charge in [0.05, 0.1) is 13.0 Å². The molecule has 1 amide bonds. The molecular weight excluding hydrogens is 290 g/mol. The predicted molar refractivity (Wildman–Crippen MR) is 81.4 cm³/mol. The molecule has 1 saturated carbocycles. The number of hydrogen-bond acceptors (Lipinski definition) is 3. The van der Waals surface area contributed by atoms with E-state index in [-0.39, 0.29) is 23.8 Å². The number of carbonyl (C=O) groups excluding carboxylic acids is 2. The minimum Gasteiger partial charge on any atom is -0.469 e. The second kappa shape index (κ2) is 6.94. The van der Waals surface area contributed by atoms with Gasteiger partial charge in [-0.3, -0.25) is 9.59 Å². The predicted octanol–water partition coefficient (Wildman–Crippen LogP) is 3.11. The Hall–Kier alpha value is -1.55. The number of carbonyl (C=O) groups is 2. The highest BCUT2D eigenvalue weighted by Gasteiger charge is 2.27. The number of hydrogen-bond donors (Lipinski definition) is 1. The molecule has 4 nitrogen and oxygen atoms in total. The van der Waals surface area contributed by atoms with Crippen molar-refractivity contribution in [1.82, 2.24) is 5.32 Å². The van der Waals surface area contributed by atoms with Crippen molar-refractivity contribution in [3.8, 4) is 0 Å². The van der Waals surface area contributed by atoms with Gasteiger partial charge in [-0.2, -0.15) is 0 Å². The molecule has 1 aromatic rings. The monoisotopic (exact) mass is 309 g/mol. The Kier molecular flexibility index (Phi) is 5.23. The number of aryl methyl sites for hydroxylation is 1. The smallest absolute Gasteiger partial charge is 0.308 e. The summed E-state index contributed by atoms with van der Waals surface area (Å²) in [6.07, 6.45) is 3.13. The second-order valence-corrected chi connectivity index (χ2v) is 5.92. The van der Waals surface area contributed by atoms with Gasteiger partial charge in [-0.05, 0) is 56.4 Å². The summed E-state index contributed by atoms with van der Waals surface area (Å²) in [4.78, 5) is 23.7. The zero-order chi connectivity index (χ0) is 15.4. The largest absolute Gasteiger partial charge is 0.469 e. The van der Waals surface area contributed by atoms with Crippen molar-refractivity contribution in [3.05, 3.63) is 34.3 Å². The van der Waals surface area contributed by atoms with Crippen molar-refractivity contribution in [2.45, 2.75) is 38.6 Å². The number of esters is 1. The van der Waals surface area contributed by atoms with Crippen molar-refractivity contribution >= 4 is 23.5 Å². The Morgan fingerprint density at radius 2 is 1.90 bits per heavy atom. The summed E-state index contributed by atoms with van der Waals surface area (Å²) < 4.78 is 4.76. The lowest BCUT2D eigenvalue weighted by Crippen LogP contribution is -2.38. The Balaban J connectivity index is 1.89. The van der Waals surface area contributed by atoms with Crippen LogP contribution in [0.5, 0.6) is 0 Å². The fraction of sp³-hybridized carbons (Fsp3) is 0.500. The van der Waals surface area contributed by atoms with Crippen molar-refractivity contribution in [2.75, 3.05) is 7.11 Å². The van der Waals surface area contributed by atoms with E-state index < -0.39 is 0 Å². The molecule has 0 bridgehead atoms. The topological polar surface area (TPSA) is 55.4 Å². The second-order valence-electron chi connectivity index (χ2n) is 5.51. The normalized spacial score (nSPS) is 21.7. The average Bonchev–Trinajstić information content (AvgIpc) is 2.50. The SMILES string of the molecule is COC(=O)C1CCC(NC(=O)c2ccc(Cl)c(C)c2)CC1. The molecule has 1 aromatic carbocycles. The van der Waals surface area contributed by atoms with E-state index in [9.17, 15) is 9.59 Å². The van der Waals surface area contributed by atoms with Crippen molar-refractivity contribution in [3.63, 3.8) is 0 Å². The highest BCUT2D eigenvalue weighted by molar-refractivity contribution is 6.31. The first-order valence-electron chi connectivity index (χ1n) is 7.16. The van der Waals surface area contributed by atoms with Gasteiger partial charge in [-0.1, -0.05) is 11.6 Å². The van der Waals surface area contributed by atoms with Crippen LogP contribution in [0.1, 0.15) is 41.6 Å². The van der Waals surface area contributed by atoms with E-state index in [1.165, 1.54) is 7.11 Å². The van der Waals surface area contributed by atoms with Crippen LogP contribution in [0.3, 0.4) is 0 Å². The molecule has 0 heterocycles. The first-order chi connectivity index (χ1) is 10.0. The number of methoxy groups -OCH3 is 1. The minimum atomic E-state index is -0.145. The van der Waals surface area contributed by atoms with E-state index in [1.54, 1.807) is 18.2 Å². The molecule has 0 atom stereocenters. The van der Waals surface area contributed by atoms with E-state index in [1.807, 2.05) is 6.92 Å². The molecule has 0 saturated heterocycles. The molecule has 0 unspecified atom stereocenters. The van der Waals surface area contributed by atoms with Crippen molar-refractivity contribution < 1.29 is 14.3 Å². The molecule has 21 heavy (non-hydrogen) atoms. The maximum Gasteiger partial charge on any atom is 0.308 e. The molecule has 0 aliphatic heterocycles. The van der Waals surface area contributed by atoms with Crippen LogP contribution in [-0.4, -0.2) is 25.0 Å². The van der Waals surface area contributed by atoms with E-state index in [2.05, 4.69) is 5.32 Å². The third-order valence-electron chi connectivity index (χ3n) is 4.02. The molecule has 114 valence electrons. The third-order valence-corrected chi connectivity index (χ3v) is 4.44. The van der Waals surface area contributed by atoms with Gasteiger partial charge in [0.25, 0.3) is 5.91 Å². The molecule has 1 N–H and O–H groups in total. The number of ether oxygens (including phenoxy) is 1. The molecule has 0 aromatic heterocycles. The van der Waals surface area contributed by atoms with Gasteiger partial charge in [-0.15, -0.1) is 0 Å². The van der Waals surface area contributed by atoms with Crippen LogP contribution >= 0.6 is 11.6 Å². The summed E-state index contributed by atoms with van der Waals surface area (Å²) in [6.45, 7) is 1.88. The van der Waals surface area contributed by atoms with Crippen LogP contribution in [0.2, 0.25) is 5.02 Å². The first kappa shape index (κ1) is 15.8. The lowest BCUT2D eigenvalue weighted by atomic mass is 9.86. The highest BCUT2D eigenvalue weighted by Crippen LogP contribution is 2.25. The number of rotatable bonds is 3. The van der Waals surface area contributed by atoms with Crippen LogP contribution in [0.25, 0.3) is 0 Å². The van der Waals surface area contributed by atoms with E-state index in [4.69, 9.17) is 16.3 Å². The quantitative estimate of drug-likeness (QED) is 0.873. The van der Waals surface area contributed by atoms with Crippen molar-refractivity contribution in [2.24, 2.45) is 5.92 Å². The molecule has 1 aliphatic rings. The van der Waals surface area contributed by atoms with E-state index in [0.717, 1.165) is 31.2 Å². The first-order valence-corrected chi connectivity index (χ1v) is 7.54. The molecular formula is C16H20ClNO3. The van der Waals surface area contributed by atoms with Gasteiger partial charge in [0.15, 0.2) is 0 Å². The van der Waals surface area contributed by atoms with Gasteiger partial charge in [0, 0.05) is 16.6 Å². The van der Waals surface area contributed by atoms with Crippen LogP contribution in [0, 0.1) is 12.8 Å². The van der Waals surface area contributed by atoms with Gasteiger partial charge >= 0.3 is 5.97 Å². The van der Waals surface area contributed by atoms with Crippen LogP contribution in [0.4, 0.5) is 0 Å².